The van der Waals surface area contributed by atoms with E-state index < -0.39 is 0 Å². The Morgan fingerprint density at radius 1 is 1.08 bits per heavy atom. The van der Waals surface area contributed by atoms with Crippen LogP contribution in [-0.4, -0.2) is 19.9 Å². The molecule has 13 heavy (non-hydrogen) atoms. The number of nitrogens with zero attached hydrogens (tertiary/aromatic N) is 4. The molecular weight excluding hydrogens is 188 g/mol. The van der Waals surface area contributed by atoms with E-state index in [0.29, 0.717) is 5.15 Å². The van der Waals surface area contributed by atoms with E-state index >= 15 is 0 Å². The molecule has 0 amide bonds. The van der Waals surface area contributed by atoms with Crippen LogP contribution in [0.15, 0.2) is 30.9 Å². The molecule has 0 spiro atoms. The summed E-state index contributed by atoms with van der Waals surface area (Å²) in [6, 6.07) is 3.52. The van der Waals surface area contributed by atoms with Gasteiger partial charge in [-0.2, -0.15) is 0 Å². The van der Waals surface area contributed by atoms with Crippen LogP contribution in [0.25, 0.3) is 11.5 Å². The van der Waals surface area contributed by atoms with Gasteiger partial charge in [-0.05, 0) is 6.07 Å². The van der Waals surface area contributed by atoms with Gasteiger partial charge in [-0.3, -0.25) is 0 Å². The number of aromatic nitrogens is 4. The predicted molar refractivity (Wildman–Crippen MR) is 48.1 cm³/mol. The number of hydrogen-bond donors (Lipinski definition) is 0. The summed E-state index contributed by atoms with van der Waals surface area (Å²) in [5.41, 5.74) is 0.949. The third-order valence-electron chi connectivity index (χ3n) is 1.35. The molecule has 3 rings (SSSR count). The topological polar surface area (TPSA) is 51.6 Å². The second-order valence-corrected chi connectivity index (χ2v) is 2.69. The first kappa shape index (κ1) is 8.07. The van der Waals surface area contributed by atoms with Crippen molar-refractivity contribution >= 4 is 11.6 Å². The molecule has 4 nitrogen and oxygen atoms in total. The van der Waals surface area contributed by atoms with E-state index in [2.05, 4.69) is 19.9 Å². The van der Waals surface area contributed by atoms with Gasteiger partial charge in [-0.25, -0.2) is 19.9 Å². The van der Waals surface area contributed by atoms with Crippen molar-refractivity contribution in [3.63, 3.8) is 0 Å². The average molecular weight is 193 g/mol. The number of rotatable bonds is 0. The third-order valence-corrected chi connectivity index (χ3v) is 1.55. The summed E-state index contributed by atoms with van der Waals surface area (Å²) in [5.74, 6) is 0.810. The van der Waals surface area contributed by atoms with Crippen LogP contribution in [0.3, 0.4) is 0 Å². The summed E-state index contributed by atoms with van der Waals surface area (Å²) in [6.07, 6.45) is 4.88. The first-order valence-electron chi connectivity index (χ1n) is 3.61. The maximum Gasteiger partial charge on any atom is 0.180 e. The van der Waals surface area contributed by atoms with E-state index in [0.717, 1.165) is 11.5 Å². The van der Waals surface area contributed by atoms with Crippen molar-refractivity contribution in [1.29, 1.82) is 0 Å². The molecule has 0 aromatic carbocycles. The lowest BCUT2D eigenvalue weighted by Crippen LogP contribution is -1.66. The van der Waals surface area contributed by atoms with Gasteiger partial charge in [0.25, 0.3) is 0 Å². The summed E-state index contributed by atoms with van der Waals surface area (Å²) in [7, 11) is 0. The quantitative estimate of drug-likeness (QED) is 0.508. The number of fused-ring (bicyclic) bond motifs is 1. The van der Waals surface area contributed by atoms with Gasteiger partial charge in [0.1, 0.15) is 17.2 Å². The normalized spacial score (nSPS) is 9.92. The molecule has 0 saturated carbocycles. The van der Waals surface area contributed by atoms with Gasteiger partial charge >= 0.3 is 0 Å². The van der Waals surface area contributed by atoms with Gasteiger partial charge in [0.2, 0.25) is 0 Å². The number of hydrogen-bond acceptors (Lipinski definition) is 4. The Bertz CT molecular complexity index is 357. The summed E-state index contributed by atoms with van der Waals surface area (Å²) < 4.78 is 0. The number of halogens is 1. The van der Waals surface area contributed by atoms with Crippen LogP contribution in [0.4, 0.5) is 0 Å². The molecule has 1 aromatic heterocycles. The predicted octanol–water partition coefficient (Wildman–Crippen LogP) is 1.59. The lowest BCUT2D eigenvalue weighted by atomic mass is 10.6. The first-order chi connectivity index (χ1) is 6.36. The average Bonchev–Trinajstić information content (AvgIpc) is 2.78. The van der Waals surface area contributed by atoms with Crippen LogP contribution in [0.5, 0.6) is 0 Å². The summed E-state index contributed by atoms with van der Waals surface area (Å²) >= 11 is 5.43. The second kappa shape index (κ2) is 3.45. The zero-order valence-corrected chi connectivity index (χ0v) is 7.31. The standard InChI is InChI=1S/C4HClN2.C4H4N2/c5-3-1-2-4(6-2)7-3;1-2-5-4-6-3-1/h1H;1-4H. The fourth-order valence-corrected chi connectivity index (χ4v) is 0.948. The molecule has 0 N–H and O–H groups in total. The lowest BCUT2D eigenvalue weighted by molar-refractivity contribution is 1.17. The molecule has 5 heteroatoms. The SMILES string of the molecule is Clc1cc2nc-2n1.c1cncnc1. The highest BCUT2D eigenvalue weighted by Crippen LogP contribution is 2.27. The molecule has 0 radical (unpaired) electrons. The molecule has 64 valence electrons. The van der Waals surface area contributed by atoms with Crippen molar-refractivity contribution in [3.8, 4) is 11.5 Å². The minimum absolute atomic E-state index is 0.556. The Kier molecular flexibility index (Phi) is 2.14. The van der Waals surface area contributed by atoms with E-state index in [9.17, 15) is 0 Å². The Labute approximate surface area is 79.7 Å². The molecular formula is C8H5ClN4. The van der Waals surface area contributed by atoms with Gasteiger partial charge in [0.15, 0.2) is 5.82 Å². The van der Waals surface area contributed by atoms with Gasteiger partial charge < -0.3 is 0 Å². The van der Waals surface area contributed by atoms with Crippen molar-refractivity contribution in [2.24, 2.45) is 0 Å². The lowest BCUT2D eigenvalue weighted by Gasteiger charge is -1.70. The van der Waals surface area contributed by atoms with Crippen LogP contribution >= 0.6 is 11.6 Å². The third kappa shape index (κ3) is 2.19. The minimum Gasteiger partial charge on any atom is -0.245 e. The zero-order valence-electron chi connectivity index (χ0n) is 6.55. The van der Waals surface area contributed by atoms with Crippen LogP contribution in [0.2, 0.25) is 5.15 Å². The van der Waals surface area contributed by atoms with E-state index in [1.54, 1.807) is 24.5 Å². The first-order valence-corrected chi connectivity index (χ1v) is 3.99. The van der Waals surface area contributed by atoms with Crippen molar-refractivity contribution < 1.29 is 0 Å². The molecule has 1 aromatic rings. The molecule has 0 aliphatic carbocycles. The van der Waals surface area contributed by atoms with Crippen molar-refractivity contribution in [2.45, 2.75) is 0 Å². The summed E-state index contributed by atoms with van der Waals surface area (Å²) in [5, 5.41) is 0.556. The monoisotopic (exact) mass is 192 g/mol. The van der Waals surface area contributed by atoms with Gasteiger partial charge in [0, 0.05) is 18.5 Å². The Balaban J connectivity index is 0.000000102. The van der Waals surface area contributed by atoms with Crippen LogP contribution in [0, 0.1) is 0 Å². The fraction of sp³-hybridized carbons (Fsp3) is 0. The van der Waals surface area contributed by atoms with Gasteiger partial charge in [-0.15, -0.1) is 0 Å². The molecule has 2 aliphatic rings. The Morgan fingerprint density at radius 2 is 1.85 bits per heavy atom. The van der Waals surface area contributed by atoms with Crippen LogP contribution in [0.1, 0.15) is 0 Å². The van der Waals surface area contributed by atoms with E-state index in [1.165, 1.54) is 6.33 Å². The van der Waals surface area contributed by atoms with Crippen LogP contribution in [-0.2, 0) is 0 Å². The van der Waals surface area contributed by atoms with E-state index in [-0.39, 0.29) is 0 Å². The molecule has 0 atom stereocenters. The molecule has 0 saturated heterocycles. The van der Waals surface area contributed by atoms with Crippen molar-refractivity contribution in [1.82, 2.24) is 19.9 Å². The Morgan fingerprint density at radius 3 is 2.08 bits per heavy atom. The van der Waals surface area contributed by atoms with Crippen LogP contribution < -0.4 is 0 Å². The highest BCUT2D eigenvalue weighted by molar-refractivity contribution is 6.30. The largest absolute Gasteiger partial charge is 0.245 e. The molecule has 0 unspecified atom stereocenters. The zero-order chi connectivity index (χ0) is 9.10. The maximum atomic E-state index is 5.43. The minimum atomic E-state index is 0.556. The second-order valence-electron chi connectivity index (χ2n) is 2.30. The maximum absolute atomic E-state index is 5.43. The van der Waals surface area contributed by atoms with E-state index in [4.69, 9.17) is 11.6 Å². The van der Waals surface area contributed by atoms with E-state index in [1.807, 2.05) is 0 Å². The molecule has 3 heterocycles. The fourth-order valence-electron chi connectivity index (χ4n) is 0.765. The highest BCUT2D eigenvalue weighted by Gasteiger charge is 2.17. The Hall–Kier alpha value is -1.55. The highest BCUT2D eigenvalue weighted by atomic mass is 35.5. The van der Waals surface area contributed by atoms with Gasteiger partial charge in [-0.1, -0.05) is 11.6 Å². The molecule has 2 aliphatic heterocycles. The smallest absolute Gasteiger partial charge is 0.180 e. The summed E-state index contributed by atoms with van der Waals surface area (Å²) in [4.78, 5) is 15.0. The summed E-state index contributed by atoms with van der Waals surface area (Å²) in [6.45, 7) is 0. The van der Waals surface area contributed by atoms with Gasteiger partial charge in [0.05, 0.1) is 0 Å². The van der Waals surface area contributed by atoms with Crippen molar-refractivity contribution in [2.75, 3.05) is 0 Å². The van der Waals surface area contributed by atoms with Crippen molar-refractivity contribution in [3.05, 3.63) is 36.0 Å². The molecule has 0 bridgehead atoms. The molecule has 0 fully saturated rings.